The summed E-state index contributed by atoms with van der Waals surface area (Å²) in [4.78, 5) is 51.9. The van der Waals surface area contributed by atoms with Crippen LogP contribution < -0.4 is 25.4 Å². The minimum absolute atomic E-state index is 0.0785. The Bertz CT molecular complexity index is 1790. The molecule has 0 saturated heterocycles. The van der Waals surface area contributed by atoms with E-state index in [9.17, 15) is 14.4 Å². The standard InChI is InChI=1S/C38H50N8O6/c1-6-25(2)35-37(49)40-26(3)36-42-32(21-27-15-16-30(50-4)31(20-27)51-5)44-46(36)23-34(48)39-17-11-19-45(18-10-14-33(47)43-35)22-29-24-52-38(41-29)28-12-8-7-9-13-28/h7-9,12-13,15-16,20,24-26,35H,6,10-11,14,17-19,21-23H2,1-5H3,(H,39,48)(H,40,49)(H,43,47)/t25-,26+,35-/m0/s1. The number of methoxy groups -OCH3 is 2. The first-order valence-electron chi connectivity index (χ1n) is 17.9. The highest BCUT2D eigenvalue weighted by Gasteiger charge is 2.29. The second kappa shape index (κ2) is 18.3. The highest BCUT2D eigenvalue weighted by Crippen LogP contribution is 2.28. The molecule has 0 saturated carbocycles. The molecule has 0 aliphatic carbocycles. The normalized spacial score (nSPS) is 19.0. The molecule has 0 unspecified atom stereocenters. The van der Waals surface area contributed by atoms with E-state index >= 15 is 0 Å². The summed E-state index contributed by atoms with van der Waals surface area (Å²) in [5.74, 6) is 1.81. The number of amides is 3. The van der Waals surface area contributed by atoms with Gasteiger partial charge in [0.1, 0.15) is 24.7 Å². The second-order valence-electron chi connectivity index (χ2n) is 13.2. The predicted octanol–water partition coefficient (Wildman–Crippen LogP) is 4.05. The van der Waals surface area contributed by atoms with Gasteiger partial charge in [-0.05, 0) is 62.1 Å². The molecular weight excluding hydrogens is 664 g/mol. The van der Waals surface area contributed by atoms with Gasteiger partial charge in [-0.3, -0.25) is 19.3 Å². The maximum Gasteiger partial charge on any atom is 0.243 e. The zero-order valence-corrected chi connectivity index (χ0v) is 30.7. The maximum atomic E-state index is 13.7. The third-order valence-electron chi connectivity index (χ3n) is 9.22. The maximum absolute atomic E-state index is 13.7. The van der Waals surface area contributed by atoms with Crippen molar-refractivity contribution in [1.82, 2.24) is 40.6 Å². The van der Waals surface area contributed by atoms with Crippen LogP contribution in [0.2, 0.25) is 0 Å². The Hall–Kier alpha value is -5.24. The molecule has 1 aliphatic heterocycles. The van der Waals surface area contributed by atoms with Gasteiger partial charge in [0, 0.05) is 38.0 Å². The first kappa shape index (κ1) is 38.0. The van der Waals surface area contributed by atoms with E-state index < -0.39 is 12.1 Å². The van der Waals surface area contributed by atoms with Crippen molar-refractivity contribution < 1.29 is 28.3 Å². The molecule has 3 atom stereocenters. The van der Waals surface area contributed by atoms with Crippen LogP contribution in [-0.2, 0) is 33.9 Å². The van der Waals surface area contributed by atoms with E-state index in [4.69, 9.17) is 29.0 Å². The number of ether oxygens (including phenoxy) is 2. The summed E-state index contributed by atoms with van der Waals surface area (Å²) in [5.41, 5.74) is 2.56. The zero-order valence-electron chi connectivity index (χ0n) is 30.7. The number of carbonyl (C=O) groups excluding carboxylic acids is 3. The molecule has 0 fully saturated rings. The highest BCUT2D eigenvalue weighted by molar-refractivity contribution is 5.88. The molecule has 0 radical (unpaired) electrons. The Labute approximate surface area is 304 Å². The van der Waals surface area contributed by atoms with Crippen molar-refractivity contribution in [2.24, 2.45) is 5.92 Å². The Balaban J connectivity index is 1.35. The molecular formula is C38H50N8O6. The Morgan fingerprint density at radius 1 is 0.962 bits per heavy atom. The predicted molar refractivity (Wildman–Crippen MR) is 194 cm³/mol. The number of hydrogen-bond acceptors (Lipinski definition) is 10. The molecule has 2 aromatic heterocycles. The minimum atomic E-state index is -0.743. The molecule has 3 N–H and O–H groups in total. The molecule has 0 spiro atoms. The summed E-state index contributed by atoms with van der Waals surface area (Å²) in [7, 11) is 3.15. The van der Waals surface area contributed by atoms with Crippen molar-refractivity contribution in [3.8, 4) is 23.0 Å². The van der Waals surface area contributed by atoms with Gasteiger partial charge < -0.3 is 29.8 Å². The van der Waals surface area contributed by atoms with E-state index in [-0.39, 0.29) is 36.6 Å². The van der Waals surface area contributed by atoms with Gasteiger partial charge in [0.25, 0.3) is 0 Å². The fourth-order valence-corrected chi connectivity index (χ4v) is 6.18. The van der Waals surface area contributed by atoms with E-state index in [1.54, 1.807) is 27.4 Å². The molecule has 4 aromatic rings. The van der Waals surface area contributed by atoms with Crippen molar-refractivity contribution in [1.29, 1.82) is 0 Å². The van der Waals surface area contributed by atoms with Crippen molar-refractivity contribution in [2.45, 2.75) is 78.0 Å². The van der Waals surface area contributed by atoms with Gasteiger partial charge in [0.15, 0.2) is 17.3 Å². The lowest BCUT2D eigenvalue weighted by atomic mass is 9.97. The van der Waals surface area contributed by atoms with Crippen molar-refractivity contribution in [2.75, 3.05) is 33.9 Å². The Morgan fingerprint density at radius 3 is 2.48 bits per heavy atom. The number of rotatable bonds is 9. The SMILES string of the molecule is CC[C@H](C)[C@@H]1NC(=O)CCCN(Cc2coc(-c3ccccc3)n2)CCCNC(=O)Cn2nc(Cc3ccc(OC)c(OC)c3)nc2[C@@H](C)NC1=O. The third kappa shape index (κ3) is 10.2. The molecule has 278 valence electrons. The molecule has 3 amide bonds. The Morgan fingerprint density at radius 2 is 1.73 bits per heavy atom. The molecule has 52 heavy (non-hydrogen) atoms. The monoisotopic (exact) mass is 714 g/mol. The van der Waals surface area contributed by atoms with Crippen molar-refractivity contribution in [3.63, 3.8) is 0 Å². The number of nitrogens with one attached hydrogen (secondary N) is 3. The largest absolute Gasteiger partial charge is 0.493 e. The Kier molecular flexibility index (Phi) is 13.4. The van der Waals surface area contributed by atoms with E-state index in [0.29, 0.717) is 80.9 Å². The summed E-state index contributed by atoms with van der Waals surface area (Å²) in [6.07, 6.45) is 4.23. The van der Waals surface area contributed by atoms with Crippen molar-refractivity contribution in [3.05, 3.63) is 77.7 Å². The van der Waals surface area contributed by atoms with Crippen LogP contribution in [0.3, 0.4) is 0 Å². The van der Waals surface area contributed by atoms with Crippen LogP contribution in [0.25, 0.3) is 11.5 Å². The smallest absolute Gasteiger partial charge is 0.243 e. The molecule has 0 bridgehead atoms. The van der Waals surface area contributed by atoms with Gasteiger partial charge in [-0.25, -0.2) is 14.6 Å². The van der Waals surface area contributed by atoms with Crippen LogP contribution in [0.4, 0.5) is 0 Å². The third-order valence-corrected chi connectivity index (χ3v) is 9.22. The van der Waals surface area contributed by atoms with Gasteiger partial charge in [-0.1, -0.05) is 44.5 Å². The van der Waals surface area contributed by atoms with Crippen LogP contribution in [-0.4, -0.2) is 82.3 Å². The molecule has 2 aromatic carbocycles. The zero-order chi connectivity index (χ0) is 37.0. The number of hydrogen-bond donors (Lipinski definition) is 3. The average molecular weight is 715 g/mol. The number of benzene rings is 2. The van der Waals surface area contributed by atoms with Gasteiger partial charge in [0.05, 0.1) is 26.0 Å². The van der Waals surface area contributed by atoms with Crippen LogP contribution >= 0.6 is 0 Å². The summed E-state index contributed by atoms with van der Waals surface area (Å²) < 4.78 is 18.1. The second-order valence-corrected chi connectivity index (χ2v) is 13.2. The lowest BCUT2D eigenvalue weighted by molar-refractivity contribution is -0.130. The quantitative estimate of drug-likeness (QED) is 0.230. The summed E-state index contributed by atoms with van der Waals surface area (Å²) >= 11 is 0. The number of fused-ring (bicyclic) bond motifs is 1. The minimum Gasteiger partial charge on any atom is -0.493 e. The average Bonchev–Trinajstić information content (AvgIpc) is 3.78. The summed E-state index contributed by atoms with van der Waals surface area (Å²) in [5, 5.41) is 13.7. The lowest BCUT2D eigenvalue weighted by Gasteiger charge is -2.26. The van der Waals surface area contributed by atoms with Crippen LogP contribution in [0.1, 0.15) is 75.4 Å². The first-order chi connectivity index (χ1) is 25.2. The molecule has 14 nitrogen and oxygen atoms in total. The number of nitrogens with zero attached hydrogens (tertiary/aromatic N) is 5. The molecule has 3 heterocycles. The van der Waals surface area contributed by atoms with E-state index in [1.807, 2.05) is 62.4 Å². The fourth-order valence-electron chi connectivity index (χ4n) is 6.18. The van der Waals surface area contributed by atoms with E-state index in [1.165, 1.54) is 4.68 Å². The summed E-state index contributed by atoms with van der Waals surface area (Å²) in [6, 6.07) is 13.9. The van der Waals surface area contributed by atoms with Crippen LogP contribution in [0.5, 0.6) is 11.5 Å². The van der Waals surface area contributed by atoms with E-state index in [0.717, 1.165) is 16.8 Å². The number of carbonyl (C=O) groups is 3. The highest BCUT2D eigenvalue weighted by atomic mass is 16.5. The topological polar surface area (TPSA) is 166 Å². The molecule has 5 rings (SSSR count). The van der Waals surface area contributed by atoms with Crippen LogP contribution in [0.15, 0.2) is 59.2 Å². The van der Waals surface area contributed by atoms with Crippen molar-refractivity contribution >= 4 is 17.7 Å². The van der Waals surface area contributed by atoms with Gasteiger partial charge in [-0.2, -0.15) is 5.10 Å². The van der Waals surface area contributed by atoms with Gasteiger partial charge in [0.2, 0.25) is 23.6 Å². The van der Waals surface area contributed by atoms with Gasteiger partial charge in [-0.15, -0.1) is 0 Å². The fraction of sp³-hybridized carbons (Fsp3) is 0.474. The number of oxazole rings is 1. The molecule has 14 heteroatoms. The lowest BCUT2D eigenvalue weighted by Crippen LogP contribution is -2.51. The van der Waals surface area contributed by atoms with Gasteiger partial charge >= 0.3 is 0 Å². The summed E-state index contributed by atoms with van der Waals surface area (Å²) in [6.45, 7) is 7.90. The first-order valence-corrected chi connectivity index (χ1v) is 17.9. The molecule has 1 aliphatic rings. The van der Waals surface area contributed by atoms with E-state index in [2.05, 4.69) is 20.9 Å². The number of aromatic nitrogens is 4. The van der Waals surface area contributed by atoms with Crippen LogP contribution in [0, 0.1) is 5.92 Å².